The molecule has 0 aromatic heterocycles. The van der Waals surface area contributed by atoms with Crippen LogP contribution in [-0.4, -0.2) is 11.2 Å². The smallest absolute Gasteiger partial charge is 0.339 e. The molecule has 3 N–H and O–H groups in total. The lowest BCUT2D eigenvalue weighted by Crippen LogP contribution is -2.36. The molecule has 7 nitrogen and oxygen atoms in total. The molecule has 0 saturated carbocycles. The Bertz CT molecular complexity index is 1020. The van der Waals surface area contributed by atoms with Crippen molar-refractivity contribution in [3.05, 3.63) is 75.5 Å². The van der Waals surface area contributed by atoms with Gasteiger partial charge in [-0.1, -0.05) is 47.6 Å². The average Bonchev–Trinajstić information content (AvgIpc) is 2.86. The molecule has 0 aliphatic rings. The summed E-state index contributed by atoms with van der Waals surface area (Å²) in [5.74, 6) is 0. The number of carbonyl (C=O) groups excluding carboxylic acids is 1. The molecule has 0 aliphatic carbocycles. The predicted octanol–water partition coefficient (Wildman–Crippen LogP) is 1.00. The molecule has 0 bridgehead atoms. The molecule has 0 heterocycles. The van der Waals surface area contributed by atoms with Crippen LogP contribution in [0.15, 0.2) is 69.6 Å². The van der Waals surface area contributed by atoms with Gasteiger partial charge in [-0.05, 0) is 12.1 Å². The largest absolute Gasteiger partial charge is 0.410 e. The molecule has 0 atom stereocenters. The van der Waals surface area contributed by atoms with E-state index < -0.39 is 11.5 Å². The van der Waals surface area contributed by atoms with Crippen molar-refractivity contribution in [3.63, 3.8) is 0 Å². The second-order valence-electron chi connectivity index (χ2n) is 4.72. The molecule has 0 radical (unpaired) electrons. The van der Waals surface area contributed by atoms with Gasteiger partial charge in [0.2, 0.25) is 5.43 Å². The summed E-state index contributed by atoms with van der Waals surface area (Å²) in [6, 6.07) is 15.0. The molecule has 3 aromatic carbocycles. The lowest BCUT2D eigenvalue weighted by atomic mass is 10.2. The lowest BCUT2D eigenvalue weighted by Gasteiger charge is -2.02. The second-order valence-corrected chi connectivity index (χ2v) is 4.72. The maximum Gasteiger partial charge on any atom is 0.339 e. The Morgan fingerprint density at radius 1 is 0.913 bits per heavy atom. The predicted molar refractivity (Wildman–Crippen MR) is 84.1 cm³/mol. The first-order valence-corrected chi connectivity index (χ1v) is 6.77. The standard InChI is InChI=1S/C16H12N4O3/c21-15-12-9-5-4-8-11(12)13(14(15)20-23)18-19-16(22)17-10-6-2-1-3-7-10/h1-9,23H,(H2,17,19,22). The molecule has 23 heavy (non-hydrogen) atoms. The van der Waals surface area contributed by atoms with Crippen LogP contribution < -0.4 is 26.9 Å². The highest BCUT2D eigenvalue weighted by atomic mass is 16.4. The van der Waals surface area contributed by atoms with Crippen molar-refractivity contribution in [2.24, 2.45) is 10.3 Å². The van der Waals surface area contributed by atoms with Crippen molar-refractivity contribution >= 4 is 22.5 Å². The van der Waals surface area contributed by atoms with E-state index in [4.69, 9.17) is 5.21 Å². The van der Waals surface area contributed by atoms with Crippen LogP contribution in [0.3, 0.4) is 0 Å². The highest BCUT2D eigenvalue weighted by Crippen LogP contribution is 2.04. The maximum atomic E-state index is 12.1. The fourth-order valence-corrected chi connectivity index (χ4v) is 2.24. The molecule has 2 amide bonds. The SMILES string of the molecule is O=C(NN=c1c(=NO)c(=O)c2ccccc12)Nc1ccccc1. The van der Waals surface area contributed by atoms with Crippen LogP contribution in [0.2, 0.25) is 0 Å². The Kier molecular flexibility index (Phi) is 3.84. The van der Waals surface area contributed by atoms with E-state index in [1.54, 1.807) is 48.5 Å². The van der Waals surface area contributed by atoms with Crippen molar-refractivity contribution in [3.8, 4) is 0 Å². The van der Waals surface area contributed by atoms with Crippen LogP contribution >= 0.6 is 0 Å². The number of rotatable bonds is 2. The van der Waals surface area contributed by atoms with E-state index in [0.29, 0.717) is 16.5 Å². The van der Waals surface area contributed by atoms with Crippen molar-refractivity contribution < 1.29 is 10.0 Å². The third kappa shape index (κ3) is 2.80. The topological polar surface area (TPSA) is 103 Å². The van der Waals surface area contributed by atoms with Gasteiger partial charge in [0.1, 0.15) is 5.36 Å². The zero-order valence-corrected chi connectivity index (χ0v) is 11.9. The van der Waals surface area contributed by atoms with Crippen LogP contribution in [0.1, 0.15) is 0 Å². The van der Waals surface area contributed by atoms with Crippen molar-refractivity contribution in [1.29, 1.82) is 0 Å². The van der Waals surface area contributed by atoms with Gasteiger partial charge in [0, 0.05) is 16.5 Å². The monoisotopic (exact) mass is 308 g/mol. The van der Waals surface area contributed by atoms with E-state index >= 15 is 0 Å². The molecular formula is C16H12N4O3. The first-order valence-electron chi connectivity index (χ1n) is 6.77. The van der Waals surface area contributed by atoms with Gasteiger partial charge in [-0.2, -0.15) is 5.10 Å². The minimum Gasteiger partial charge on any atom is -0.410 e. The molecular weight excluding hydrogens is 296 g/mol. The number of hydrogen-bond acceptors (Lipinski definition) is 5. The molecule has 7 heteroatoms. The Labute approximate surface area is 129 Å². The van der Waals surface area contributed by atoms with E-state index in [2.05, 4.69) is 21.0 Å². The van der Waals surface area contributed by atoms with Crippen molar-refractivity contribution in [1.82, 2.24) is 5.43 Å². The number of urea groups is 1. The fourth-order valence-electron chi connectivity index (χ4n) is 2.24. The number of para-hydroxylation sites is 1. The third-order valence-corrected chi connectivity index (χ3v) is 3.27. The number of nitrogens with one attached hydrogen (secondary N) is 2. The highest BCUT2D eigenvalue weighted by Gasteiger charge is 2.09. The van der Waals surface area contributed by atoms with Crippen LogP contribution in [-0.2, 0) is 0 Å². The summed E-state index contributed by atoms with van der Waals surface area (Å²) in [6.45, 7) is 0. The van der Waals surface area contributed by atoms with Gasteiger partial charge in [0.25, 0.3) is 0 Å². The number of benzene rings is 2. The highest BCUT2D eigenvalue weighted by molar-refractivity contribution is 5.89. The molecule has 0 fully saturated rings. The summed E-state index contributed by atoms with van der Waals surface area (Å²) < 4.78 is 0. The third-order valence-electron chi connectivity index (χ3n) is 3.27. The Balaban J connectivity index is 1.96. The summed E-state index contributed by atoms with van der Waals surface area (Å²) in [5.41, 5.74) is 2.46. The molecule has 114 valence electrons. The molecule has 0 spiro atoms. The quantitative estimate of drug-likeness (QED) is 0.486. The Morgan fingerprint density at radius 3 is 2.26 bits per heavy atom. The van der Waals surface area contributed by atoms with Crippen LogP contribution in [0.5, 0.6) is 0 Å². The van der Waals surface area contributed by atoms with Crippen LogP contribution in [0.25, 0.3) is 10.8 Å². The Morgan fingerprint density at radius 2 is 1.57 bits per heavy atom. The number of nitrogens with zero attached hydrogens (tertiary/aromatic N) is 2. The second kappa shape index (κ2) is 6.10. The molecule has 0 saturated heterocycles. The van der Waals surface area contributed by atoms with E-state index in [9.17, 15) is 9.59 Å². The van der Waals surface area contributed by atoms with E-state index in [1.807, 2.05) is 6.07 Å². The van der Waals surface area contributed by atoms with Gasteiger partial charge in [0.15, 0.2) is 5.36 Å². The normalized spacial score (nSPS) is 12.5. The van der Waals surface area contributed by atoms with E-state index in [-0.39, 0.29) is 10.7 Å². The average molecular weight is 308 g/mol. The number of anilines is 1. The summed E-state index contributed by atoms with van der Waals surface area (Å²) in [6.07, 6.45) is 0. The van der Waals surface area contributed by atoms with E-state index in [0.717, 1.165) is 0 Å². The zero-order chi connectivity index (χ0) is 16.2. The van der Waals surface area contributed by atoms with Gasteiger partial charge in [0.05, 0.1) is 0 Å². The van der Waals surface area contributed by atoms with E-state index in [1.165, 1.54) is 0 Å². The molecule has 0 aliphatic heterocycles. The summed E-state index contributed by atoms with van der Waals surface area (Å²) in [5, 5.41) is 19.3. The maximum absolute atomic E-state index is 12.1. The van der Waals surface area contributed by atoms with Gasteiger partial charge in [-0.15, -0.1) is 0 Å². The lowest BCUT2D eigenvalue weighted by molar-refractivity contribution is 0.252. The van der Waals surface area contributed by atoms with Gasteiger partial charge >= 0.3 is 6.03 Å². The number of hydrogen-bond donors (Lipinski definition) is 3. The van der Waals surface area contributed by atoms with Gasteiger partial charge in [-0.3, -0.25) is 4.79 Å². The molecule has 3 aromatic rings. The zero-order valence-electron chi connectivity index (χ0n) is 11.9. The summed E-state index contributed by atoms with van der Waals surface area (Å²) >= 11 is 0. The van der Waals surface area contributed by atoms with Crippen LogP contribution in [0, 0.1) is 0 Å². The molecule has 0 unspecified atom stereocenters. The first-order chi connectivity index (χ1) is 11.2. The number of carbonyl (C=O) groups is 1. The van der Waals surface area contributed by atoms with Gasteiger partial charge < -0.3 is 10.5 Å². The van der Waals surface area contributed by atoms with Crippen molar-refractivity contribution in [2.45, 2.75) is 0 Å². The fraction of sp³-hybridized carbons (Fsp3) is 0. The van der Waals surface area contributed by atoms with Crippen molar-refractivity contribution in [2.75, 3.05) is 5.32 Å². The Hall–Kier alpha value is -3.48. The number of fused-ring (bicyclic) bond motifs is 1. The summed E-state index contributed by atoms with van der Waals surface area (Å²) in [7, 11) is 0. The van der Waals surface area contributed by atoms with Gasteiger partial charge in [-0.25, -0.2) is 10.2 Å². The minimum atomic E-state index is -0.571. The first kappa shape index (κ1) is 14.5. The minimum absolute atomic E-state index is 0.122. The van der Waals surface area contributed by atoms with Crippen LogP contribution in [0.4, 0.5) is 10.5 Å². The number of amides is 2. The summed E-state index contributed by atoms with van der Waals surface area (Å²) in [4.78, 5) is 23.9. The molecule has 3 rings (SSSR count).